The molecule has 2 N–H and O–H groups in total. The van der Waals surface area contributed by atoms with Crippen LogP contribution in [0.1, 0.15) is 23.5 Å². The van der Waals surface area contributed by atoms with Crippen molar-refractivity contribution in [1.29, 1.82) is 0 Å². The zero-order valence-corrected chi connectivity index (χ0v) is 22.8. The number of carbonyl (C=O) groups is 2. The van der Waals surface area contributed by atoms with Gasteiger partial charge in [0.25, 0.3) is 11.8 Å². The molecule has 1 fully saturated rings. The number of aromatic hydroxyl groups is 1. The number of benzene rings is 3. The van der Waals surface area contributed by atoms with E-state index in [0.717, 1.165) is 5.01 Å². The summed E-state index contributed by atoms with van der Waals surface area (Å²) in [5.74, 6) is -1.41. The fourth-order valence-corrected chi connectivity index (χ4v) is 6.16. The highest BCUT2D eigenvalue weighted by molar-refractivity contribution is 6.36. The third kappa shape index (κ3) is 4.22. The number of methoxy groups -OCH3 is 2. The average molecular weight is 565 g/mol. The number of amides is 2. The Bertz CT molecular complexity index is 1500. The van der Waals surface area contributed by atoms with E-state index in [1.165, 1.54) is 19.2 Å². The van der Waals surface area contributed by atoms with Gasteiger partial charge < -0.3 is 14.6 Å². The van der Waals surface area contributed by atoms with Gasteiger partial charge in [-0.05, 0) is 66.1 Å². The minimum atomic E-state index is -1.43. The fraction of sp³-hybridized carbons (Fsp3) is 0.200. The highest BCUT2D eigenvalue weighted by atomic mass is 35.5. The molecule has 1 heterocycles. The second kappa shape index (κ2) is 10.3. The Labute approximate surface area is 236 Å². The van der Waals surface area contributed by atoms with Crippen molar-refractivity contribution in [3.63, 3.8) is 0 Å². The largest absolute Gasteiger partial charge is 0.508 e. The van der Waals surface area contributed by atoms with Gasteiger partial charge in [0.1, 0.15) is 17.2 Å². The maximum absolute atomic E-state index is 14.7. The summed E-state index contributed by atoms with van der Waals surface area (Å²) in [5, 5.41) is 12.8. The number of allylic oxidation sites excluding steroid dienone is 3. The second-order valence-electron chi connectivity index (χ2n) is 9.37. The van der Waals surface area contributed by atoms with E-state index in [9.17, 15) is 14.7 Å². The summed E-state index contributed by atoms with van der Waals surface area (Å²) in [4.78, 5) is 28.7. The Kier molecular flexibility index (Phi) is 7.05. The van der Waals surface area contributed by atoms with Gasteiger partial charge in [-0.1, -0.05) is 54.1 Å². The number of carbonyl (C=O) groups excluding carboxylic acids is 2. The Morgan fingerprint density at radius 1 is 1.03 bits per heavy atom. The molecular weight excluding hydrogens is 539 g/mol. The first-order valence-electron chi connectivity index (χ1n) is 12.2. The van der Waals surface area contributed by atoms with Crippen LogP contribution in [0.5, 0.6) is 17.2 Å². The molecular formula is C30H26Cl2N2O5. The van der Waals surface area contributed by atoms with Crippen molar-refractivity contribution in [2.24, 2.45) is 5.92 Å². The summed E-state index contributed by atoms with van der Waals surface area (Å²) < 4.78 is 10.8. The second-order valence-corrected chi connectivity index (χ2v) is 10.2. The van der Waals surface area contributed by atoms with Crippen LogP contribution in [-0.4, -0.2) is 36.1 Å². The molecule has 0 bridgehead atoms. The quantitative estimate of drug-likeness (QED) is 0.329. The summed E-state index contributed by atoms with van der Waals surface area (Å²) in [6.07, 6.45) is 3.84. The monoisotopic (exact) mass is 564 g/mol. The van der Waals surface area contributed by atoms with E-state index in [4.69, 9.17) is 32.7 Å². The van der Waals surface area contributed by atoms with Crippen LogP contribution in [-0.2, 0) is 15.0 Å². The van der Waals surface area contributed by atoms with Crippen LogP contribution < -0.4 is 14.9 Å². The van der Waals surface area contributed by atoms with Crippen molar-refractivity contribution >= 4 is 40.7 Å². The standard InChI is InChI=1S/C30H26Cl2N2O5/c1-4-17-5-12-23-28(36)34(33-25-13-8-19(31)15-24(25)32)29(37)30(23,18-6-9-20(38-2)10-7-18)27(17)22-16-21(39-3)11-14-26(22)35/h4-11,13-16,23,27,33,35H,1,12H2,2-3H3/t23-,27+,30+/m0/s1. The molecule has 3 aromatic carbocycles. The number of nitrogens with zero attached hydrogens (tertiary/aromatic N) is 1. The van der Waals surface area contributed by atoms with Crippen molar-refractivity contribution in [3.8, 4) is 17.2 Å². The Hall–Kier alpha value is -3.94. The number of phenolic OH excluding ortho intramolecular Hbond substituents is 1. The van der Waals surface area contributed by atoms with Crippen molar-refractivity contribution in [2.75, 3.05) is 19.6 Å². The molecule has 0 radical (unpaired) electrons. The van der Waals surface area contributed by atoms with E-state index in [1.807, 2.05) is 6.08 Å². The van der Waals surface area contributed by atoms with Gasteiger partial charge >= 0.3 is 0 Å². The predicted molar refractivity (Wildman–Crippen MR) is 150 cm³/mol. The van der Waals surface area contributed by atoms with Crippen LogP contribution in [0.4, 0.5) is 5.69 Å². The molecule has 1 aliphatic heterocycles. The molecule has 1 saturated heterocycles. The molecule has 0 unspecified atom stereocenters. The molecule has 9 heteroatoms. The number of hydrogen-bond acceptors (Lipinski definition) is 6. The van der Waals surface area contributed by atoms with Crippen LogP contribution >= 0.6 is 23.2 Å². The number of anilines is 1. The third-order valence-electron chi connectivity index (χ3n) is 7.52. The number of imide groups is 1. The Morgan fingerprint density at radius 2 is 1.72 bits per heavy atom. The minimum Gasteiger partial charge on any atom is -0.508 e. The van der Waals surface area contributed by atoms with Crippen molar-refractivity contribution < 1.29 is 24.2 Å². The van der Waals surface area contributed by atoms with Gasteiger partial charge in [-0.15, -0.1) is 0 Å². The summed E-state index contributed by atoms with van der Waals surface area (Å²) in [6, 6.07) is 16.6. The van der Waals surface area contributed by atoms with Crippen molar-refractivity contribution in [1.82, 2.24) is 5.01 Å². The van der Waals surface area contributed by atoms with Crippen LogP contribution in [0.25, 0.3) is 0 Å². The molecule has 0 spiro atoms. The van der Waals surface area contributed by atoms with E-state index in [2.05, 4.69) is 12.0 Å². The highest BCUT2D eigenvalue weighted by Gasteiger charge is 2.66. The van der Waals surface area contributed by atoms with Crippen LogP contribution in [0.3, 0.4) is 0 Å². The number of rotatable bonds is 7. The summed E-state index contributed by atoms with van der Waals surface area (Å²) in [7, 11) is 3.08. The molecule has 3 atom stereocenters. The molecule has 2 amide bonds. The molecule has 0 saturated carbocycles. The molecule has 1 aliphatic carbocycles. The zero-order valence-electron chi connectivity index (χ0n) is 21.3. The topological polar surface area (TPSA) is 88.1 Å². The lowest BCUT2D eigenvalue weighted by Gasteiger charge is -2.43. The van der Waals surface area contributed by atoms with Crippen molar-refractivity contribution in [3.05, 3.63) is 106 Å². The van der Waals surface area contributed by atoms with Crippen LogP contribution in [0, 0.1) is 5.92 Å². The number of ether oxygens (including phenoxy) is 2. The lowest BCUT2D eigenvalue weighted by atomic mass is 9.56. The number of hydrogen-bond donors (Lipinski definition) is 2. The minimum absolute atomic E-state index is 0.0329. The molecule has 3 aromatic rings. The van der Waals surface area contributed by atoms with Gasteiger partial charge in [-0.25, -0.2) is 0 Å². The third-order valence-corrected chi connectivity index (χ3v) is 8.06. The van der Waals surface area contributed by atoms with E-state index >= 15 is 0 Å². The molecule has 2 aliphatic rings. The first-order valence-corrected chi connectivity index (χ1v) is 13.0. The van der Waals surface area contributed by atoms with Gasteiger partial charge in [0.05, 0.1) is 36.3 Å². The summed E-state index contributed by atoms with van der Waals surface area (Å²) >= 11 is 12.4. The van der Waals surface area contributed by atoms with Gasteiger partial charge in [0.15, 0.2) is 0 Å². The SMILES string of the molecule is C=CC1=CC[C@H]2C(=O)N(Nc3ccc(Cl)cc3Cl)C(=O)[C@@]2(c2ccc(OC)cc2)[C@H]1c1cc(OC)ccc1O. The van der Waals surface area contributed by atoms with E-state index in [0.29, 0.717) is 38.9 Å². The highest BCUT2D eigenvalue weighted by Crippen LogP contribution is 2.59. The fourth-order valence-electron chi connectivity index (χ4n) is 5.71. The number of phenols is 1. The first kappa shape index (κ1) is 26.7. The summed E-state index contributed by atoms with van der Waals surface area (Å²) in [5.41, 5.74) is 3.59. The number of halogens is 2. The number of fused-ring (bicyclic) bond motifs is 1. The maximum atomic E-state index is 14.7. The first-order chi connectivity index (χ1) is 18.8. The number of nitrogens with one attached hydrogen (secondary N) is 1. The molecule has 39 heavy (non-hydrogen) atoms. The van der Waals surface area contributed by atoms with Crippen LogP contribution in [0.2, 0.25) is 10.0 Å². The summed E-state index contributed by atoms with van der Waals surface area (Å²) in [6.45, 7) is 3.99. The molecule has 7 nitrogen and oxygen atoms in total. The predicted octanol–water partition coefficient (Wildman–Crippen LogP) is 6.27. The van der Waals surface area contributed by atoms with Gasteiger partial charge in [-0.3, -0.25) is 15.0 Å². The van der Waals surface area contributed by atoms with E-state index < -0.39 is 29.1 Å². The van der Waals surface area contributed by atoms with Gasteiger partial charge in [0, 0.05) is 16.5 Å². The normalized spacial score (nSPS) is 22.3. The smallest absolute Gasteiger partial charge is 0.260 e. The maximum Gasteiger partial charge on any atom is 0.260 e. The molecule has 0 aromatic heterocycles. The number of hydrazine groups is 1. The zero-order chi connectivity index (χ0) is 27.9. The van der Waals surface area contributed by atoms with Crippen LogP contribution in [0.15, 0.2) is 85.0 Å². The Balaban J connectivity index is 1.76. The van der Waals surface area contributed by atoms with Gasteiger partial charge in [0.2, 0.25) is 0 Å². The lowest BCUT2D eigenvalue weighted by Crippen LogP contribution is -2.48. The average Bonchev–Trinajstić information content (AvgIpc) is 3.16. The van der Waals surface area contributed by atoms with Gasteiger partial charge in [-0.2, -0.15) is 5.01 Å². The van der Waals surface area contributed by atoms with E-state index in [-0.39, 0.29) is 17.2 Å². The van der Waals surface area contributed by atoms with E-state index in [1.54, 1.807) is 61.7 Å². The molecule has 200 valence electrons. The van der Waals surface area contributed by atoms with Crippen molar-refractivity contribution in [2.45, 2.75) is 17.8 Å². The molecule has 5 rings (SSSR count). The Morgan fingerprint density at radius 3 is 2.36 bits per heavy atom. The lowest BCUT2D eigenvalue weighted by molar-refractivity contribution is -0.138.